The fraction of sp³-hybridized carbons (Fsp3) is 0.353. The standard InChI is InChI=1S/C17H22N2O2S.ClH/c1-13(10-18)17(21)19(11-14-6-3-2-4-7-14)12-15(20)16-8-5-9-22-16;/h2-9,13,15,20H,10-12,18H2,1H3;1H. The highest BCUT2D eigenvalue weighted by atomic mass is 35.5. The van der Waals surface area contributed by atoms with Crippen molar-refractivity contribution in [1.82, 2.24) is 4.90 Å². The molecular weight excluding hydrogens is 332 g/mol. The first-order valence-corrected chi connectivity index (χ1v) is 8.24. The van der Waals surface area contributed by atoms with E-state index in [9.17, 15) is 9.90 Å². The number of thiophene rings is 1. The predicted molar refractivity (Wildman–Crippen MR) is 96.6 cm³/mol. The first-order chi connectivity index (χ1) is 10.6. The molecule has 0 aliphatic heterocycles. The monoisotopic (exact) mass is 354 g/mol. The van der Waals surface area contributed by atoms with Crippen LogP contribution >= 0.6 is 23.7 Å². The highest BCUT2D eigenvalue weighted by Gasteiger charge is 2.23. The van der Waals surface area contributed by atoms with Crippen LogP contribution in [0.3, 0.4) is 0 Å². The van der Waals surface area contributed by atoms with Crippen molar-refractivity contribution in [2.75, 3.05) is 13.1 Å². The van der Waals surface area contributed by atoms with Gasteiger partial charge in [0, 0.05) is 23.9 Å². The minimum atomic E-state index is -0.669. The first kappa shape index (κ1) is 19.6. The van der Waals surface area contributed by atoms with Crippen LogP contribution in [0.1, 0.15) is 23.5 Å². The van der Waals surface area contributed by atoms with Gasteiger partial charge in [0.05, 0.1) is 6.54 Å². The molecule has 0 radical (unpaired) electrons. The summed E-state index contributed by atoms with van der Waals surface area (Å²) in [5.74, 6) is -0.277. The van der Waals surface area contributed by atoms with Gasteiger partial charge in [0.2, 0.25) is 5.91 Å². The Morgan fingerprint density at radius 1 is 1.26 bits per heavy atom. The molecule has 6 heteroatoms. The molecule has 2 rings (SSSR count). The normalized spacial score (nSPS) is 13.0. The molecule has 0 spiro atoms. The Morgan fingerprint density at radius 2 is 1.96 bits per heavy atom. The van der Waals surface area contributed by atoms with E-state index in [2.05, 4.69) is 0 Å². The Labute approximate surface area is 147 Å². The van der Waals surface area contributed by atoms with E-state index in [1.165, 1.54) is 11.3 Å². The molecule has 2 unspecified atom stereocenters. The number of rotatable bonds is 7. The van der Waals surface area contributed by atoms with Crippen LogP contribution in [-0.4, -0.2) is 29.0 Å². The van der Waals surface area contributed by atoms with Gasteiger partial charge in [-0.25, -0.2) is 0 Å². The van der Waals surface area contributed by atoms with Crippen LogP contribution in [0.2, 0.25) is 0 Å². The fourth-order valence-corrected chi connectivity index (χ4v) is 2.93. The second kappa shape index (κ2) is 9.67. The Balaban J connectivity index is 0.00000264. The van der Waals surface area contributed by atoms with Gasteiger partial charge in [0.15, 0.2) is 0 Å². The molecule has 3 N–H and O–H groups in total. The molecule has 0 bridgehead atoms. The number of nitrogens with two attached hydrogens (primary N) is 1. The van der Waals surface area contributed by atoms with Crippen molar-refractivity contribution >= 4 is 29.7 Å². The van der Waals surface area contributed by atoms with Gasteiger partial charge < -0.3 is 15.7 Å². The van der Waals surface area contributed by atoms with E-state index in [-0.39, 0.29) is 30.8 Å². The summed E-state index contributed by atoms with van der Waals surface area (Å²) in [6, 6.07) is 13.6. The summed E-state index contributed by atoms with van der Waals surface area (Å²) < 4.78 is 0. The van der Waals surface area contributed by atoms with Crippen LogP contribution in [0.5, 0.6) is 0 Å². The van der Waals surface area contributed by atoms with Crippen molar-refractivity contribution in [2.24, 2.45) is 11.7 Å². The number of aliphatic hydroxyl groups is 1. The van der Waals surface area contributed by atoms with Gasteiger partial charge in [0.25, 0.3) is 0 Å². The van der Waals surface area contributed by atoms with Crippen molar-refractivity contribution in [3.63, 3.8) is 0 Å². The molecule has 2 atom stereocenters. The SMILES string of the molecule is CC(CN)C(=O)N(Cc1ccccc1)CC(O)c1cccs1.Cl. The highest BCUT2D eigenvalue weighted by Crippen LogP contribution is 2.21. The quantitative estimate of drug-likeness (QED) is 0.803. The molecule has 0 aliphatic rings. The molecule has 4 nitrogen and oxygen atoms in total. The first-order valence-electron chi connectivity index (χ1n) is 7.36. The lowest BCUT2D eigenvalue weighted by molar-refractivity contribution is -0.136. The van der Waals surface area contributed by atoms with Gasteiger partial charge in [-0.15, -0.1) is 23.7 Å². The molecule has 1 heterocycles. The van der Waals surface area contributed by atoms with Crippen molar-refractivity contribution in [3.8, 4) is 0 Å². The molecule has 0 fully saturated rings. The largest absolute Gasteiger partial charge is 0.386 e. The Morgan fingerprint density at radius 3 is 2.52 bits per heavy atom. The zero-order valence-electron chi connectivity index (χ0n) is 13.1. The number of benzene rings is 1. The van der Waals surface area contributed by atoms with E-state index < -0.39 is 6.10 Å². The summed E-state index contributed by atoms with van der Waals surface area (Å²) in [5, 5.41) is 12.3. The maximum atomic E-state index is 12.5. The molecular formula is C17H23ClN2O2S. The van der Waals surface area contributed by atoms with Gasteiger partial charge in [-0.05, 0) is 17.0 Å². The number of carbonyl (C=O) groups excluding carboxylic acids is 1. The maximum absolute atomic E-state index is 12.5. The molecule has 1 aromatic carbocycles. The van der Waals surface area contributed by atoms with Gasteiger partial charge >= 0.3 is 0 Å². The number of hydrogen-bond acceptors (Lipinski definition) is 4. The second-order valence-electron chi connectivity index (χ2n) is 5.37. The van der Waals surface area contributed by atoms with Crippen LogP contribution in [0, 0.1) is 5.92 Å². The molecule has 2 aromatic rings. The molecule has 0 aliphatic carbocycles. The van der Waals surface area contributed by atoms with E-state index in [1.54, 1.807) is 4.90 Å². The third-order valence-corrected chi connectivity index (χ3v) is 4.54. The summed E-state index contributed by atoms with van der Waals surface area (Å²) in [5.41, 5.74) is 6.66. The number of aliphatic hydroxyl groups excluding tert-OH is 1. The summed E-state index contributed by atoms with van der Waals surface area (Å²) in [4.78, 5) is 15.1. The molecule has 1 amide bonds. The van der Waals surface area contributed by atoms with E-state index >= 15 is 0 Å². The average Bonchev–Trinajstić information content (AvgIpc) is 3.08. The van der Waals surface area contributed by atoms with Crippen molar-refractivity contribution < 1.29 is 9.90 Å². The molecule has 0 saturated carbocycles. The number of nitrogens with zero attached hydrogens (tertiary/aromatic N) is 1. The fourth-order valence-electron chi connectivity index (χ4n) is 2.23. The van der Waals surface area contributed by atoms with Gasteiger partial charge in [-0.2, -0.15) is 0 Å². The zero-order valence-corrected chi connectivity index (χ0v) is 14.7. The lowest BCUT2D eigenvalue weighted by Gasteiger charge is -2.27. The Bertz CT molecular complexity index is 578. The molecule has 0 saturated heterocycles. The number of carbonyl (C=O) groups is 1. The van der Waals surface area contributed by atoms with Crippen LogP contribution in [0.15, 0.2) is 47.8 Å². The third kappa shape index (κ3) is 5.62. The molecule has 23 heavy (non-hydrogen) atoms. The van der Waals surface area contributed by atoms with E-state index in [0.29, 0.717) is 13.1 Å². The van der Waals surface area contributed by atoms with Crippen molar-refractivity contribution in [3.05, 3.63) is 58.3 Å². The Kier molecular flexibility index (Phi) is 8.26. The van der Waals surface area contributed by atoms with Gasteiger partial charge in [-0.3, -0.25) is 4.79 Å². The predicted octanol–water partition coefficient (Wildman–Crippen LogP) is 2.83. The number of hydrogen-bond donors (Lipinski definition) is 2. The van der Waals surface area contributed by atoms with Crippen LogP contribution in [0.4, 0.5) is 0 Å². The smallest absolute Gasteiger partial charge is 0.227 e. The number of halogens is 1. The van der Waals surface area contributed by atoms with Crippen molar-refractivity contribution in [1.29, 1.82) is 0 Å². The van der Waals surface area contributed by atoms with Crippen LogP contribution in [-0.2, 0) is 11.3 Å². The van der Waals surface area contributed by atoms with E-state index in [1.807, 2.05) is 54.8 Å². The Hall–Kier alpha value is -1.40. The summed E-state index contributed by atoms with van der Waals surface area (Å²) >= 11 is 1.49. The third-order valence-electron chi connectivity index (χ3n) is 3.57. The van der Waals surface area contributed by atoms with Crippen LogP contribution in [0.25, 0.3) is 0 Å². The summed E-state index contributed by atoms with van der Waals surface area (Å²) in [6.45, 7) is 2.88. The minimum Gasteiger partial charge on any atom is -0.386 e. The minimum absolute atomic E-state index is 0. The zero-order chi connectivity index (χ0) is 15.9. The van der Waals surface area contributed by atoms with Gasteiger partial charge in [-0.1, -0.05) is 43.3 Å². The summed E-state index contributed by atoms with van der Waals surface area (Å²) in [7, 11) is 0. The van der Waals surface area contributed by atoms with Crippen LogP contribution < -0.4 is 5.73 Å². The molecule has 126 valence electrons. The van der Waals surface area contributed by atoms with Gasteiger partial charge in [0.1, 0.15) is 6.10 Å². The topological polar surface area (TPSA) is 66.6 Å². The molecule has 1 aromatic heterocycles. The lowest BCUT2D eigenvalue weighted by Crippen LogP contribution is -2.39. The van der Waals surface area contributed by atoms with E-state index in [0.717, 1.165) is 10.4 Å². The van der Waals surface area contributed by atoms with Crippen molar-refractivity contribution in [2.45, 2.75) is 19.6 Å². The number of amides is 1. The lowest BCUT2D eigenvalue weighted by atomic mass is 10.1. The van der Waals surface area contributed by atoms with E-state index in [4.69, 9.17) is 5.73 Å². The summed E-state index contributed by atoms with van der Waals surface area (Å²) in [6.07, 6.45) is -0.669. The maximum Gasteiger partial charge on any atom is 0.227 e. The second-order valence-corrected chi connectivity index (χ2v) is 6.35. The average molecular weight is 355 g/mol. The highest BCUT2D eigenvalue weighted by molar-refractivity contribution is 7.10.